The number of hydrogen-bond acceptors (Lipinski definition) is 4. The predicted octanol–water partition coefficient (Wildman–Crippen LogP) is 2.04. The Morgan fingerprint density at radius 1 is 1.38 bits per heavy atom. The number of imide groups is 1. The average Bonchev–Trinajstić information content (AvgIpc) is 2.80. The summed E-state index contributed by atoms with van der Waals surface area (Å²) in [6.07, 6.45) is 0. The van der Waals surface area contributed by atoms with Crippen LogP contribution in [0.1, 0.15) is 16.6 Å². The lowest BCUT2D eigenvalue weighted by Gasteiger charge is -2.31. The fourth-order valence-corrected chi connectivity index (χ4v) is 3.71. The molecule has 21 heavy (non-hydrogen) atoms. The van der Waals surface area contributed by atoms with Crippen LogP contribution in [0.3, 0.4) is 0 Å². The Labute approximate surface area is 129 Å². The van der Waals surface area contributed by atoms with Crippen molar-refractivity contribution in [1.29, 1.82) is 0 Å². The number of nitrogens with zero attached hydrogens (tertiary/aromatic N) is 1. The second kappa shape index (κ2) is 5.13. The van der Waals surface area contributed by atoms with E-state index in [2.05, 4.69) is 5.32 Å². The molecule has 1 fully saturated rings. The number of hydrogen-bond donors (Lipinski definition) is 1. The lowest BCUT2D eigenvalue weighted by Crippen LogP contribution is -2.58. The van der Waals surface area contributed by atoms with Crippen molar-refractivity contribution in [3.8, 4) is 0 Å². The predicted molar refractivity (Wildman–Crippen MR) is 80.5 cm³/mol. The normalized spacial score (nSPS) is 19.0. The highest BCUT2D eigenvalue weighted by Crippen LogP contribution is 2.36. The molecule has 2 aromatic rings. The first kappa shape index (κ1) is 14.0. The zero-order valence-corrected chi connectivity index (χ0v) is 12.6. The van der Waals surface area contributed by atoms with E-state index in [0.29, 0.717) is 9.90 Å². The van der Waals surface area contributed by atoms with Gasteiger partial charge in [-0.3, -0.25) is 19.7 Å². The van der Waals surface area contributed by atoms with E-state index in [1.807, 2.05) is 24.3 Å². The van der Waals surface area contributed by atoms with Crippen molar-refractivity contribution < 1.29 is 14.4 Å². The van der Waals surface area contributed by atoms with Gasteiger partial charge in [0.15, 0.2) is 0 Å². The third-order valence-corrected chi connectivity index (χ3v) is 5.08. The lowest BCUT2D eigenvalue weighted by atomic mass is 10.2. The Kier molecular flexibility index (Phi) is 3.43. The first-order valence-electron chi connectivity index (χ1n) is 6.30. The van der Waals surface area contributed by atoms with E-state index in [1.165, 1.54) is 16.2 Å². The molecule has 2 heterocycles. The molecule has 1 atom stereocenters. The molecule has 108 valence electrons. The topological polar surface area (TPSA) is 66.5 Å². The van der Waals surface area contributed by atoms with Crippen LogP contribution in [0.25, 0.3) is 10.1 Å². The Bertz CT molecular complexity index is 771. The number of rotatable bonds is 1. The van der Waals surface area contributed by atoms with Gasteiger partial charge in [0.2, 0.25) is 11.8 Å². The van der Waals surface area contributed by atoms with E-state index < -0.39 is 23.8 Å². The maximum Gasteiger partial charge on any atom is 0.266 e. The summed E-state index contributed by atoms with van der Waals surface area (Å²) in [5.74, 6) is -1.35. The van der Waals surface area contributed by atoms with Gasteiger partial charge < -0.3 is 4.90 Å². The number of fused-ring (bicyclic) bond motifs is 1. The van der Waals surface area contributed by atoms with Crippen LogP contribution in [0.15, 0.2) is 24.3 Å². The highest BCUT2D eigenvalue weighted by atomic mass is 35.5. The molecule has 1 unspecified atom stereocenters. The standard InChI is InChI=1S/C14H11ClN2O3S/c1-7-13(19)16-10(18)6-17(7)14(20)12-11(15)8-4-2-3-5-9(8)21-12/h2-5,7H,6H2,1H3,(H,16,18,19). The molecule has 0 radical (unpaired) electrons. The highest BCUT2D eigenvalue weighted by Gasteiger charge is 2.35. The van der Waals surface area contributed by atoms with Gasteiger partial charge in [-0.2, -0.15) is 0 Å². The van der Waals surface area contributed by atoms with Crippen LogP contribution >= 0.6 is 22.9 Å². The van der Waals surface area contributed by atoms with Gasteiger partial charge in [-0.15, -0.1) is 11.3 Å². The number of halogens is 1. The zero-order chi connectivity index (χ0) is 15.1. The lowest BCUT2D eigenvalue weighted by molar-refractivity contribution is -0.138. The Hall–Kier alpha value is -1.92. The van der Waals surface area contributed by atoms with Crippen molar-refractivity contribution in [1.82, 2.24) is 10.2 Å². The first-order valence-corrected chi connectivity index (χ1v) is 7.50. The molecule has 1 aromatic carbocycles. The summed E-state index contributed by atoms with van der Waals surface area (Å²) in [6.45, 7) is 1.44. The van der Waals surface area contributed by atoms with Crippen molar-refractivity contribution in [2.24, 2.45) is 0 Å². The van der Waals surface area contributed by atoms with Gasteiger partial charge in [-0.1, -0.05) is 29.8 Å². The first-order chi connectivity index (χ1) is 9.99. The molecular weight excluding hydrogens is 312 g/mol. The monoisotopic (exact) mass is 322 g/mol. The SMILES string of the molecule is CC1C(=O)NC(=O)CN1C(=O)c1sc2ccccc2c1Cl. The van der Waals surface area contributed by atoms with Crippen LogP contribution < -0.4 is 5.32 Å². The number of nitrogens with one attached hydrogen (secondary N) is 1. The molecule has 0 aliphatic carbocycles. The van der Waals surface area contributed by atoms with Crippen molar-refractivity contribution in [3.63, 3.8) is 0 Å². The van der Waals surface area contributed by atoms with Gasteiger partial charge in [0.05, 0.1) is 5.02 Å². The van der Waals surface area contributed by atoms with Gasteiger partial charge in [-0.05, 0) is 13.0 Å². The van der Waals surface area contributed by atoms with Gasteiger partial charge in [0, 0.05) is 10.1 Å². The molecule has 5 nitrogen and oxygen atoms in total. The van der Waals surface area contributed by atoms with Gasteiger partial charge in [0.1, 0.15) is 17.5 Å². The molecule has 0 spiro atoms. The van der Waals surface area contributed by atoms with Crippen LogP contribution in [-0.4, -0.2) is 35.2 Å². The minimum atomic E-state index is -0.698. The summed E-state index contributed by atoms with van der Waals surface area (Å²) in [4.78, 5) is 37.3. The third kappa shape index (κ3) is 2.30. The molecule has 1 aromatic heterocycles. The molecule has 3 amide bonds. The summed E-state index contributed by atoms with van der Waals surface area (Å²) in [7, 11) is 0. The largest absolute Gasteiger partial charge is 0.317 e. The minimum Gasteiger partial charge on any atom is -0.317 e. The maximum atomic E-state index is 12.6. The Morgan fingerprint density at radius 2 is 2.10 bits per heavy atom. The average molecular weight is 323 g/mol. The smallest absolute Gasteiger partial charge is 0.266 e. The molecule has 1 aliphatic rings. The quantitative estimate of drug-likeness (QED) is 0.817. The third-order valence-electron chi connectivity index (χ3n) is 3.41. The van der Waals surface area contributed by atoms with Crippen LogP contribution in [-0.2, 0) is 9.59 Å². The molecule has 0 bridgehead atoms. The van der Waals surface area contributed by atoms with E-state index in [0.717, 1.165) is 10.1 Å². The summed E-state index contributed by atoms with van der Waals surface area (Å²) in [6, 6.07) is 6.72. The fourth-order valence-electron chi connectivity index (χ4n) is 2.24. The second-order valence-electron chi connectivity index (χ2n) is 4.76. The van der Waals surface area contributed by atoms with Crippen LogP contribution in [0, 0.1) is 0 Å². The van der Waals surface area contributed by atoms with Crippen molar-refractivity contribution in [3.05, 3.63) is 34.2 Å². The molecule has 1 saturated heterocycles. The Morgan fingerprint density at radius 3 is 2.81 bits per heavy atom. The molecule has 3 rings (SSSR count). The van der Waals surface area contributed by atoms with Crippen LogP contribution in [0.2, 0.25) is 5.02 Å². The number of piperazine rings is 1. The number of carbonyl (C=O) groups excluding carboxylic acids is 3. The number of amides is 3. The van der Waals surface area contributed by atoms with Crippen molar-refractivity contribution in [2.45, 2.75) is 13.0 Å². The van der Waals surface area contributed by atoms with Crippen molar-refractivity contribution in [2.75, 3.05) is 6.54 Å². The van der Waals surface area contributed by atoms with E-state index in [4.69, 9.17) is 11.6 Å². The van der Waals surface area contributed by atoms with Crippen LogP contribution in [0.5, 0.6) is 0 Å². The van der Waals surface area contributed by atoms with E-state index >= 15 is 0 Å². The maximum absolute atomic E-state index is 12.6. The fraction of sp³-hybridized carbons (Fsp3) is 0.214. The number of thiophene rings is 1. The molecule has 1 N–H and O–H groups in total. The highest BCUT2D eigenvalue weighted by molar-refractivity contribution is 7.21. The van der Waals surface area contributed by atoms with Crippen molar-refractivity contribution >= 4 is 50.7 Å². The summed E-state index contributed by atoms with van der Waals surface area (Å²) >= 11 is 7.53. The minimum absolute atomic E-state index is 0.143. The number of benzene rings is 1. The zero-order valence-electron chi connectivity index (χ0n) is 11.1. The Balaban J connectivity index is 2.02. The van der Waals surface area contributed by atoms with E-state index in [9.17, 15) is 14.4 Å². The number of carbonyl (C=O) groups is 3. The second-order valence-corrected chi connectivity index (χ2v) is 6.19. The van der Waals surface area contributed by atoms with E-state index in [-0.39, 0.29) is 6.54 Å². The van der Waals surface area contributed by atoms with E-state index in [1.54, 1.807) is 6.92 Å². The molecular formula is C14H11ClN2O3S. The summed E-state index contributed by atoms with van der Waals surface area (Å²) in [5, 5.41) is 3.37. The summed E-state index contributed by atoms with van der Waals surface area (Å²) < 4.78 is 0.895. The van der Waals surface area contributed by atoms with Gasteiger partial charge in [-0.25, -0.2) is 0 Å². The van der Waals surface area contributed by atoms with Crippen LogP contribution in [0.4, 0.5) is 0 Å². The van der Waals surface area contributed by atoms with Gasteiger partial charge >= 0.3 is 0 Å². The summed E-state index contributed by atoms with van der Waals surface area (Å²) in [5.41, 5.74) is 0. The molecule has 7 heteroatoms. The molecule has 0 saturated carbocycles. The van der Waals surface area contributed by atoms with Gasteiger partial charge in [0.25, 0.3) is 5.91 Å². The molecule has 1 aliphatic heterocycles.